The van der Waals surface area contributed by atoms with Gasteiger partial charge < -0.3 is 14.8 Å². The number of hydrogen-bond acceptors (Lipinski definition) is 2. The second-order valence-corrected chi connectivity index (χ2v) is 8.10. The predicted octanol–water partition coefficient (Wildman–Crippen LogP) is 6.47. The summed E-state index contributed by atoms with van der Waals surface area (Å²) in [6.45, 7) is 6.71. The van der Waals surface area contributed by atoms with Crippen molar-refractivity contribution in [3.63, 3.8) is 0 Å². The lowest BCUT2D eigenvalue weighted by Gasteiger charge is -2.09. The molecule has 0 fully saturated rings. The van der Waals surface area contributed by atoms with Crippen LogP contribution in [-0.2, 0) is 6.42 Å². The highest BCUT2D eigenvalue weighted by Gasteiger charge is 2.19. The number of H-pyrrole nitrogens is 1. The summed E-state index contributed by atoms with van der Waals surface area (Å²) in [5.74, 6) is -0.0751. The lowest BCUT2D eigenvalue weighted by atomic mass is 9.97. The number of carboxylic acids is 1. The highest BCUT2D eigenvalue weighted by molar-refractivity contribution is 6.03. The first-order valence-electron chi connectivity index (χ1n) is 10.6. The number of benzene rings is 3. The van der Waals surface area contributed by atoms with Crippen LogP contribution >= 0.6 is 0 Å². The zero-order valence-corrected chi connectivity index (χ0v) is 18.2. The van der Waals surface area contributed by atoms with Crippen molar-refractivity contribution in [2.24, 2.45) is 0 Å². The monoisotopic (exact) mass is 413 g/mol. The fourth-order valence-electron chi connectivity index (χ4n) is 4.27. The molecule has 158 valence electrons. The molecule has 31 heavy (non-hydrogen) atoms. The molecular weight excluding hydrogens is 386 g/mol. The number of hydrogen-bond donors (Lipinski definition) is 2. The fourth-order valence-corrected chi connectivity index (χ4v) is 4.27. The van der Waals surface area contributed by atoms with E-state index in [-0.39, 0.29) is 5.69 Å². The van der Waals surface area contributed by atoms with Crippen LogP contribution in [0.2, 0.25) is 0 Å². The molecule has 1 heterocycles. The summed E-state index contributed by atoms with van der Waals surface area (Å²) in [6, 6.07) is 20.4. The number of ether oxygens (including phenoxy) is 1. The average Bonchev–Trinajstić information content (AvgIpc) is 3.10. The first-order valence-corrected chi connectivity index (χ1v) is 10.6. The Balaban J connectivity index is 1.61. The second kappa shape index (κ2) is 8.68. The highest BCUT2D eigenvalue weighted by atomic mass is 16.5. The molecule has 4 rings (SSSR count). The van der Waals surface area contributed by atoms with Crippen molar-refractivity contribution in [3.05, 3.63) is 88.6 Å². The first kappa shape index (κ1) is 20.7. The zero-order chi connectivity index (χ0) is 22.0. The molecule has 0 aliphatic heterocycles. The van der Waals surface area contributed by atoms with Crippen molar-refractivity contribution >= 4 is 16.9 Å². The number of rotatable bonds is 7. The predicted molar refractivity (Wildman–Crippen MR) is 125 cm³/mol. The van der Waals surface area contributed by atoms with Crippen LogP contribution in [0.4, 0.5) is 0 Å². The summed E-state index contributed by atoms with van der Waals surface area (Å²) in [4.78, 5) is 15.2. The molecule has 0 amide bonds. The molecule has 3 aromatic carbocycles. The standard InChI is InChI=1S/C27H27NO3/c1-17-14-18(2)16-20(15-17)31-13-7-12-24-23-11-6-10-22(21-9-5-4-8-19(21)3)25(23)28-26(24)27(29)30/h4-6,8-11,14-16,28H,7,12-13H2,1-3H3,(H,29,30). The van der Waals surface area contributed by atoms with E-state index in [1.165, 1.54) is 11.1 Å². The van der Waals surface area contributed by atoms with E-state index >= 15 is 0 Å². The smallest absolute Gasteiger partial charge is 0.352 e. The summed E-state index contributed by atoms with van der Waals surface area (Å²) in [7, 11) is 0. The van der Waals surface area contributed by atoms with E-state index in [0.717, 1.165) is 45.3 Å². The number of aromatic amines is 1. The summed E-state index contributed by atoms with van der Waals surface area (Å²) in [5, 5.41) is 10.8. The number of carboxylic acid groups (broad SMARTS) is 1. The van der Waals surface area contributed by atoms with E-state index in [1.54, 1.807) is 0 Å². The molecule has 4 aromatic rings. The van der Waals surface area contributed by atoms with Gasteiger partial charge in [-0.1, -0.05) is 48.5 Å². The Labute approximate surface area is 182 Å². The molecule has 0 radical (unpaired) electrons. The number of nitrogens with one attached hydrogen (secondary N) is 1. The van der Waals surface area contributed by atoms with Crippen molar-refractivity contribution in [1.29, 1.82) is 0 Å². The lowest BCUT2D eigenvalue weighted by molar-refractivity contribution is 0.0690. The Kier molecular flexibility index (Phi) is 5.81. The topological polar surface area (TPSA) is 62.3 Å². The average molecular weight is 414 g/mol. The minimum Gasteiger partial charge on any atom is -0.494 e. The van der Waals surface area contributed by atoms with Gasteiger partial charge in [0.25, 0.3) is 0 Å². The molecule has 0 saturated carbocycles. The van der Waals surface area contributed by atoms with Gasteiger partial charge in [0, 0.05) is 10.9 Å². The third-order valence-corrected chi connectivity index (χ3v) is 5.63. The number of aryl methyl sites for hydroxylation is 4. The Morgan fingerprint density at radius 3 is 2.35 bits per heavy atom. The van der Waals surface area contributed by atoms with E-state index in [1.807, 2.05) is 42.5 Å². The number of aromatic carboxylic acids is 1. The summed E-state index contributed by atoms with van der Waals surface area (Å²) in [6.07, 6.45) is 1.36. The first-order chi connectivity index (χ1) is 14.9. The molecule has 0 aliphatic rings. The van der Waals surface area contributed by atoms with Crippen LogP contribution in [0, 0.1) is 20.8 Å². The third-order valence-electron chi connectivity index (χ3n) is 5.63. The normalized spacial score (nSPS) is 11.1. The van der Waals surface area contributed by atoms with Gasteiger partial charge in [-0.15, -0.1) is 0 Å². The molecule has 0 unspecified atom stereocenters. The Hall–Kier alpha value is -3.53. The molecule has 2 N–H and O–H groups in total. The second-order valence-electron chi connectivity index (χ2n) is 8.10. The van der Waals surface area contributed by atoms with Gasteiger partial charge in [0.05, 0.1) is 12.1 Å². The van der Waals surface area contributed by atoms with Crippen LogP contribution in [0.25, 0.3) is 22.0 Å². The van der Waals surface area contributed by atoms with Gasteiger partial charge >= 0.3 is 5.97 Å². The molecule has 4 nitrogen and oxygen atoms in total. The van der Waals surface area contributed by atoms with E-state index in [0.29, 0.717) is 13.0 Å². The largest absolute Gasteiger partial charge is 0.494 e. The quantitative estimate of drug-likeness (QED) is 0.341. The number of para-hydroxylation sites is 1. The summed E-state index contributed by atoms with van der Waals surface area (Å²) in [5.41, 5.74) is 7.60. The van der Waals surface area contributed by atoms with Crippen LogP contribution in [-0.4, -0.2) is 22.7 Å². The minimum absolute atomic E-state index is 0.266. The van der Waals surface area contributed by atoms with Crippen molar-refractivity contribution < 1.29 is 14.6 Å². The number of carbonyl (C=O) groups is 1. The van der Waals surface area contributed by atoms with Crippen molar-refractivity contribution in [2.75, 3.05) is 6.61 Å². The zero-order valence-electron chi connectivity index (χ0n) is 18.2. The molecule has 1 aromatic heterocycles. The van der Waals surface area contributed by atoms with Gasteiger partial charge in [0.2, 0.25) is 0 Å². The Morgan fingerprint density at radius 1 is 0.935 bits per heavy atom. The maximum absolute atomic E-state index is 12.0. The van der Waals surface area contributed by atoms with E-state index < -0.39 is 5.97 Å². The molecular formula is C27H27NO3. The molecule has 0 aliphatic carbocycles. The van der Waals surface area contributed by atoms with Crippen LogP contribution in [0.15, 0.2) is 60.7 Å². The Bertz CT molecular complexity index is 1230. The van der Waals surface area contributed by atoms with Crippen molar-refractivity contribution in [2.45, 2.75) is 33.6 Å². The Morgan fingerprint density at radius 2 is 1.65 bits per heavy atom. The maximum Gasteiger partial charge on any atom is 0.352 e. The fraction of sp³-hybridized carbons (Fsp3) is 0.222. The van der Waals surface area contributed by atoms with Gasteiger partial charge in [0.15, 0.2) is 0 Å². The van der Waals surface area contributed by atoms with Gasteiger partial charge in [-0.2, -0.15) is 0 Å². The van der Waals surface area contributed by atoms with Gasteiger partial charge in [-0.3, -0.25) is 0 Å². The van der Waals surface area contributed by atoms with Crippen LogP contribution in [0.1, 0.15) is 39.2 Å². The maximum atomic E-state index is 12.0. The molecule has 0 spiro atoms. The van der Waals surface area contributed by atoms with Crippen LogP contribution < -0.4 is 4.74 Å². The van der Waals surface area contributed by atoms with E-state index in [2.05, 4.69) is 44.0 Å². The number of fused-ring (bicyclic) bond motifs is 1. The van der Waals surface area contributed by atoms with Crippen LogP contribution in [0.3, 0.4) is 0 Å². The molecule has 0 atom stereocenters. The van der Waals surface area contributed by atoms with Gasteiger partial charge in [0.1, 0.15) is 11.4 Å². The van der Waals surface area contributed by atoms with Gasteiger partial charge in [-0.05, 0) is 73.6 Å². The van der Waals surface area contributed by atoms with Crippen LogP contribution in [0.5, 0.6) is 5.75 Å². The van der Waals surface area contributed by atoms with Crippen molar-refractivity contribution in [1.82, 2.24) is 4.98 Å². The van der Waals surface area contributed by atoms with E-state index in [4.69, 9.17) is 4.74 Å². The highest BCUT2D eigenvalue weighted by Crippen LogP contribution is 2.34. The third kappa shape index (κ3) is 4.33. The number of aromatic nitrogens is 1. The minimum atomic E-state index is -0.933. The lowest BCUT2D eigenvalue weighted by Crippen LogP contribution is -2.04. The summed E-state index contributed by atoms with van der Waals surface area (Å²) >= 11 is 0. The summed E-state index contributed by atoms with van der Waals surface area (Å²) < 4.78 is 5.93. The molecule has 0 bridgehead atoms. The van der Waals surface area contributed by atoms with Crippen molar-refractivity contribution in [3.8, 4) is 16.9 Å². The van der Waals surface area contributed by atoms with E-state index in [9.17, 15) is 9.90 Å². The molecule has 4 heteroatoms. The molecule has 0 saturated heterocycles. The van der Waals surface area contributed by atoms with Gasteiger partial charge in [-0.25, -0.2) is 4.79 Å². The SMILES string of the molecule is Cc1cc(C)cc(OCCCc2c(C(=O)O)[nH]c3c(-c4ccccc4C)cccc23)c1.